The van der Waals surface area contributed by atoms with Crippen LogP contribution in [0.3, 0.4) is 0 Å². The Morgan fingerprint density at radius 3 is 1.92 bits per heavy atom. The second-order valence-corrected chi connectivity index (χ2v) is 13.9. The summed E-state index contributed by atoms with van der Waals surface area (Å²) in [6, 6.07) is 28.5. The van der Waals surface area contributed by atoms with Gasteiger partial charge in [0.2, 0.25) is 0 Å². The maximum absolute atomic E-state index is 12.7. The van der Waals surface area contributed by atoms with Crippen LogP contribution in [0.4, 0.5) is 10.5 Å². The quantitative estimate of drug-likeness (QED) is 0.0943. The number of hydrogen-bond donors (Lipinski definition) is 3. The molecule has 0 saturated carbocycles. The summed E-state index contributed by atoms with van der Waals surface area (Å²) < 4.78 is 5.81. The predicted octanol–water partition coefficient (Wildman–Crippen LogP) is 10.5. The van der Waals surface area contributed by atoms with Crippen LogP contribution in [0.2, 0.25) is 10.0 Å². The smallest absolute Gasteiger partial charge is 0.411 e. The monoisotopic (exact) mass is 717 g/mol. The van der Waals surface area contributed by atoms with Crippen LogP contribution in [0.15, 0.2) is 91.0 Å². The number of aromatic hydroxyl groups is 2. The fraction of sp³-hybridized carbons (Fsp3) is 0.390. The fourth-order valence-electron chi connectivity index (χ4n) is 6.63. The zero-order valence-electron chi connectivity index (χ0n) is 28.7. The highest BCUT2D eigenvalue weighted by Gasteiger charge is 2.22. The van der Waals surface area contributed by atoms with Crippen LogP contribution in [0.25, 0.3) is 11.1 Å². The predicted molar refractivity (Wildman–Crippen MR) is 204 cm³/mol. The maximum atomic E-state index is 12.7. The van der Waals surface area contributed by atoms with Crippen LogP contribution < -0.4 is 5.32 Å². The van der Waals surface area contributed by atoms with Gasteiger partial charge >= 0.3 is 6.09 Å². The minimum atomic E-state index is -0.388. The van der Waals surface area contributed by atoms with Crippen molar-refractivity contribution in [1.82, 2.24) is 9.80 Å². The van der Waals surface area contributed by atoms with Crippen LogP contribution in [0.1, 0.15) is 68.9 Å². The first-order valence-electron chi connectivity index (χ1n) is 17.9. The van der Waals surface area contributed by atoms with E-state index in [0.29, 0.717) is 23.1 Å². The highest BCUT2D eigenvalue weighted by molar-refractivity contribution is 6.33. The van der Waals surface area contributed by atoms with E-state index in [0.717, 1.165) is 79.8 Å². The molecule has 1 fully saturated rings. The number of carbonyl (C=O) groups is 1. The molecule has 0 aromatic heterocycles. The van der Waals surface area contributed by atoms with Gasteiger partial charge in [0, 0.05) is 31.7 Å². The Balaban J connectivity index is 0.943. The van der Waals surface area contributed by atoms with E-state index in [1.807, 2.05) is 78.9 Å². The van der Waals surface area contributed by atoms with Crippen LogP contribution in [-0.4, -0.2) is 58.4 Å². The molecule has 4 aromatic rings. The molecule has 0 unspecified atom stereocenters. The summed E-state index contributed by atoms with van der Waals surface area (Å²) in [5, 5.41) is 23.9. The van der Waals surface area contributed by atoms with Crippen LogP contribution in [0.5, 0.6) is 11.5 Å². The molecular formula is C41H49Cl2N3O4. The highest BCUT2D eigenvalue weighted by atomic mass is 35.5. The van der Waals surface area contributed by atoms with Gasteiger partial charge in [-0.15, -0.1) is 0 Å². The lowest BCUT2D eigenvalue weighted by Gasteiger charge is -2.31. The summed E-state index contributed by atoms with van der Waals surface area (Å²) >= 11 is 12.8. The molecule has 3 N–H and O–H groups in total. The number of carbonyl (C=O) groups excluding carboxylic acids is 1. The first-order valence-corrected chi connectivity index (χ1v) is 18.6. The van der Waals surface area contributed by atoms with Gasteiger partial charge in [0.15, 0.2) is 0 Å². The fourth-order valence-corrected chi connectivity index (χ4v) is 7.00. The van der Waals surface area contributed by atoms with E-state index in [1.165, 1.54) is 32.1 Å². The number of amides is 1. The number of nitrogens with zero attached hydrogens (tertiary/aromatic N) is 2. The summed E-state index contributed by atoms with van der Waals surface area (Å²) in [6.07, 6.45) is 9.50. The number of phenols is 2. The van der Waals surface area contributed by atoms with Crippen molar-refractivity contribution in [3.05, 3.63) is 112 Å². The summed E-state index contributed by atoms with van der Waals surface area (Å²) in [5.41, 5.74) is 4.52. The summed E-state index contributed by atoms with van der Waals surface area (Å²) in [7, 11) is 0. The number of phenolic OH excluding ortho intramolecular Hbond substituents is 2. The van der Waals surface area contributed by atoms with Crippen molar-refractivity contribution in [3.8, 4) is 22.6 Å². The summed E-state index contributed by atoms with van der Waals surface area (Å²) in [5.74, 6) is 0.166. The number of unbranched alkanes of at least 4 members (excludes halogenated alkanes) is 6. The molecule has 1 heterocycles. The number of anilines is 1. The van der Waals surface area contributed by atoms with Crippen LogP contribution in [-0.2, 0) is 17.8 Å². The number of hydrogen-bond acceptors (Lipinski definition) is 6. The molecule has 1 saturated heterocycles. The molecule has 5 rings (SSSR count). The Bertz CT molecular complexity index is 1590. The van der Waals surface area contributed by atoms with E-state index in [1.54, 1.807) is 12.1 Å². The number of benzene rings is 4. The van der Waals surface area contributed by atoms with E-state index >= 15 is 0 Å². The summed E-state index contributed by atoms with van der Waals surface area (Å²) in [6.45, 7) is 5.03. The van der Waals surface area contributed by atoms with E-state index in [9.17, 15) is 15.0 Å². The molecule has 0 radical (unpaired) electrons. The third kappa shape index (κ3) is 11.4. The normalized spacial score (nSPS) is 13.8. The van der Waals surface area contributed by atoms with Crippen molar-refractivity contribution in [2.75, 3.05) is 31.5 Å². The number of ether oxygens (including phenoxy) is 1. The van der Waals surface area contributed by atoms with Gasteiger partial charge in [-0.2, -0.15) is 0 Å². The number of para-hydroxylation sites is 1. The number of nitrogens with one attached hydrogen (secondary N) is 1. The molecule has 4 aromatic carbocycles. The zero-order valence-corrected chi connectivity index (χ0v) is 30.2. The molecule has 0 aliphatic carbocycles. The van der Waals surface area contributed by atoms with Gasteiger partial charge in [0.1, 0.15) is 17.6 Å². The van der Waals surface area contributed by atoms with Gasteiger partial charge in [-0.3, -0.25) is 10.2 Å². The van der Waals surface area contributed by atoms with Crippen molar-refractivity contribution >= 4 is 35.0 Å². The van der Waals surface area contributed by atoms with Gasteiger partial charge in [0.25, 0.3) is 0 Å². The molecule has 50 heavy (non-hydrogen) atoms. The SMILES string of the molecule is O=C(Nc1ccccc1-c1ccccc1)OC1CCN(CCCCCCCCCN(Cc2cccc(O)c2Cl)Cc2cccc(O)c2Cl)CC1. The Labute approximate surface area is 306 Å². The lowest BCUT2D eigenvalue weighted by atomic mass is 10.0. The molecule has 0 atom stereocenters. The maximum Gasteiger partial charge on any atom is 0.411 e. The molecule has 266 valence electrons. The zero-order chi connectivity index (χ0) is 35.1. The van der Waals surface area contributed by atoms with Gasteiger partial charge in [0.05, 0.1) is 15.7 Å². The van der Waals surface area contributed by atoms with E-state index in [4.69, 9.17) is 27.9 Å². The molecule has 1 amide bonds. The molecule has 1 aliphatic rings. The average Bonchev–Trinajstić information content (AvgIpc) is 3.12. The third-order valence-electron chi connectivity index (χ3n) is 9.41. The second-order valence-electron chi connectivity index (χ2n) is 13.2. The minimum absolute atomic E-state index is 0.0558. The molecule has 7 nitrogen and oxygen atoms in total. The van der Waals surface area contributed by atoms with Crippen molar-refractivity contribution in [3.63, 3.8) is 0 Å². The van der Waals surface area contributed by atoms with E-state index in [-0.39, 0.29) is 23.7 Å². The van der Waals surface area contributed by atoms with Crippen molar-refractivity contribution in [2.45, 2.75) is 77.0 Å². The number of halogens is 2. The topological polar surface area (TPSA) is 85.3 Å². The Hall–Kier alpha value is -3.75. The van der Waals surface area contributed by atoms with E-state index < -0.39 is 0 Å². The minimum Gasteiger partial charge on any atom is -0.506 e. The molecular weight excluding hydrogens is 669 g/mol. The first-order chi connectivity index (χ1) is 24.4. The van der Waals surface area contributed by atoms with E-state index in [2.05, 4.69) is 15.1 Å². The van der Waals surface area contributed by atoms with Crippen molar-refractivity contribution < 1.29 is 19.7 Å². The molecule has 0 bridgehead atoms. The number of piperidine rings is 1. The van der Waals surface area contributed by atoms with Crippen molar-refractivity contribution in [1.29, 1.82) is 0 Å². The number of likely N-dealkylation sites (tertiary alicyclic amines) is 1. The second kappa shape index (κ2) is 19.6. The third-order valence-corrected chi connectivity index (χ3v) is 10.3. The summed E-state index contributed by atoms with van der Waals surface area (Å²) in [4.78, 5) is 17.5. The van der Waals surface area contributed by atoms with Gasteiger partial charge in [-0.1, -0.05) is 128 Å². The van der Waals surface area contributed by atoms with Crippen LogP contribution in [0, 0.1) is 0 Å². The van der Waals surface area contributed by atoms with Gasteiger partial charge in [-0.05, 0) is 73.7 Å². The first kappa shape index (κ1) is 37.5. The molecule has 0 spiro atoms. The number of rotatable bonds is 17. The van der Waals surface area contributed by atoms with Gasteiger partial charge in [-0.25, -0.2) is 4.79 Å². The average molecular weight is 719 g/mol. The van der Waals surface area contributed by atoms with Gasteiger partial charge < -0.3 is 19.8 Å². The molecule has 1 aliphatic heterocycles. The van der Waals surface area contributed by atoms with Crippen molar-refractivity contribution in [2.24, 2.45) is 0 Å². The Morgan fingerprint density at radius 2 is 1.28 bits per heavy atom. The molecule has 9 heteroatoms. The lowest BCUT2D eigenvalue weighted by molar-refractivity contribution is 0.0584. The van der Waals surface area contributed by atoms with Crippen LogP contribution >= 0.6 is 23.2 Å². The Kier molecular flexibility index (Phi) is 14.7. The highest BCUT2D eigenvalue weighted by Crippen LogP contribution is 2.31. The Morgan fingerprint density at radius 1 is 0.720 bits per heavy atom. The largest absolute Gasteiger partial charge is 0.506 e. The standard InChI is InChI=1S/C41H49Cl2N3O4/c42-39-32(17-13-21-37(39)47)29-46(30-33-18-14-22-38(48)40(33)43)26-12-5-3-1-2-4-11-25-45-27-23-34(24-28-45)50-41(49)44-36-20-10-9-19-35(36)31-15-7-6-8-16-31/h6-10,13-22,34,47-48H,1-5,11-12,23-30H2,(H,44,49). The lowest BCUT2D eigenvalue weighted by Crippen LogP contribution is -2.38.